The summed E-state index contributed by atoms with van der Waals surface area (Å²) in [5.74, 6) is 0.788. The molecule has 2 unspecified atom stereocenters. The zero-order valence-electron chi connectivity index (χ0n) is 17.2. The molecule has 3 heterocycles. The second-order valence-corrected chi connectivity index (χ2v) is 8.28. The van der Waals surface area contributed by atoms with Gasteiger partial charge in [-0.3, -0.25) is 4.79 Å². The molecule has 1 fully saturated rings. The molecule has 0 aromatic carbocycles. The fourth-order valence-electron chi connectivity index (χ4n) is 4.04. The number of carbonyl (C=O) groups excluding carboxylic acids is 1. The molecule has 3 aromatic heterocycles. The minimum Gasteiger partial charge on any atom is -0.367 e. The molecule has 7 nitrogen and oxygen atoms in total. The Morgan fingerprint density at radius 3 is 2.97 bits per heavy atom. The summed E-state index contributed by atoms with van der Waals surface area (Å²) < 4.78 is 0. The molecule has 158 valence electrons. The van der Waals surface area contributed by atoms with E-state index < -0.39 is 0 Å². The van der Waals surface area contributed by atoms with Crippen LogP contribution in [0.25, 0.3) is 22.2 Å². The number of H-pyrrole nitrogens is 1. The maximum absolute atomic E-state index is 12.2. The molecule has 4 N–H and O–H groups in total. The van der Waals surface area contributed by atoms with Gasteiger partial charge in [0.2, 0.25) is 5.91 Å². The van der Waals surface area contributed by atoms with Gasteiger partial charge in [0, 0.05) is 35.4 Å². The molecule has 8 heteroatoms. The standard InChI is InChI=1S/C22H27ClN6O/c1-13(24-2)22(30)28-16-6-3-5-15(11-16)27-20-10-14(9-19(23)29-20)18-12-26-21-17(18)7-4-8-25-21/h4,7-10,12-13,15-16,24H,3,5-6,11H2,1-2H3,(H,25,26)(H,27,29)(H,28,30)/t13-,15?,16?/m0/s1. The summed E-state index contributed by atoms with van der Waals surface area (Å²) in [4.78, 5) is 24.2. The van der Waals surface area contributed by atoms with Crippen molar-refractivity contribution in [2.24, 2.45) is 0 Å². The summed E-state index contributed by atoms with van der Waals surface area (Å²) in [5, 5.41) is 11.2. The van der Waals surface area contributed by atoms with Gasteiger partial charge in [-0.25, -0.2) is 9.97 Å². The van der Waals surface area contributed by atoms with Crippen molar-refractivity contribution in [3.05, 3.63) is 41.8 Å². The van der Waals surface area contributed by atoms with Crippen molar-refractivity contribution < 1.29 is 4.79 Å². The van der Waals surface area contributed by atoms with E-state index in [1.165, 1.54) is 0 Å². The van der Waals surface area contributed by atoms with Crippen LogP contribution in [0.5, 0.6) is 0 Å². The van der Waals surface area contributed by atoms with Crippen molar-refractivity contribution in [2.75, 3.05) is 12.4 Å². The van der Waals surface area contributed by atoms with Crippen LogP contribution in [-0.2, 0) is 4.79 Å². The number of pyridine rings is 2. The van der Waals surface area contributed by atoms with Crippen molar-refractivity contribution in [3.63, 3.8) is 0 Å². The van der Waals surface area contributed by atoms with E-state index >= 15 is 0 Å². The zero-order chi connectivity index (χ0) is 21.1. The lowest BCUT2D eigenvalue weighted by Crippen LogP contribution is -2.48. The molecule has 0 aliphatic heterocycles. The summed E-state index contributed by atoms with van der Waals surface area (Å²) in [6.07, 6.45) is 7.67. The van der Waals surface area contributed by atoms with Crippen LogP contribution in [0.1, 0.15) is 32.6 Å². The van der Waals surface area contributed by atoms with Gasteiger partial charge >= 0.3 is 0 Å². The summed E-state index contributed by atoms with van der Waals surface area (Å²) >= 11 is 6.34. The second-order valence-electron chi connectivity index (χ2n) is 7.89. The number of nitrogens with one attached hydrogen (secondary N) is 4. The number of anilines is 1. The lowest BCUT2D eigenvalue weighted by molar-refractivity contribution is -0.123. The number of aromatic amines is 1. The van der Waals surface area contributed by atoms with Crippen LogP contribution in [0.2, 0.25) is 5.15 Å². The predicted molar refractivity (Wildman–Crippen MR) is 121 cm³/mol. The van der Waals surface area contributed by atoms with E-state index in [4.69, 9.17) is 11.6 Å². The number of nitrogens with zero attached hydrogens (tertiary/aromatic N) is 2. The average Bonchev–Trinajstić information content (AvgIpc) is 3.17. The summed E-state index contributed by atoms with van der Waals surface area (Å²) in [6, 6.07) is 8.05. The number of fused-ring (bicyclic) bond motifs is 1. The third-order valence-corrected chi connectivity index (χ3v) is 5.95. The quantitative estimate of drug-likeness (QED) is 0.450. The number of amides is 1. The van der Waals surface area contributed by atoms with E-state index in [9.17, 15) is 4.79 Å². The molecule has 1 aliphatic carbocycles. The number of hydrogen-bond acceptors (Lipinski definition) is 5. The van der Waals surface area contributed by atoms with Crippen molar-refractivity contribution >= 4 is 34.4 Å². The SMILES string of the molecule is CN[C@@H](C)C(=O)NC1CCCC(Nc2cc(-c3c[nH]c4ncccc34)cc(Cl)n2)C1. The van der Waals surface area contributed by atoms with Crippen molar-refractivity contribution in [1.29, 1.82) is 0 Å². The molecule has 0 spiro atoms. The van der Waals surface area contributed by atoms with Gasteiger partial charge in [-0.2, -0.15) is 0 Å². The number of carbonyl (C=O) groups is 1. The van der Waals surface area contributed by atoms with Gasteiger partial charge in [0.15, 0.2) is 0 Å². The minimum atomic E-state index is -0.193. The third kappa shape index (κ3) is 4.57. The molecule has 1 amide bonds. The van der Waals surface area contributed by atoms with Crippen molar-refractivity contribution in [1.82, 2.24) is 25.6 Å². The fourth-order valence-corrected chi connectivity index (χ4v) is 4.25. The van der Waals surface area contributed by atoms with E-state index in [1.807, 2.05) is 37.4 Å². The number of rotatable bonds is 6. The zero-order valence-corrected chi connectivity index (χ0v) is 18.0. The highest BCUT2D eigenvalue weighted by Gasteiger charge is 2.25. The molecule has 0 saturated heterocycles. The Morgan fingerprint density at radius 2 is 2.13 bits per heavy atom. The van der Waals surface area contributed by atoms with Crippen LogP contribution < -0.4 is 16.0 Å². The molecular weight excluding hydrogens is 400 g/mol. The van der Waals surface area contributed by atoms with Crippen LogP contribution in [-0.4, -0.2) is 46.0 Å². The largest absolute Gasteiger partial charge is 0.367 e. The first kappa shape index (κ1) is 20.6. The Balaban J connectivity index is 1.49. The predicted octanol–water partition coefficient (Wildman–Crippen LogP) is 3.73. The number of likely N-dealkylation sites (N-methyl/N-ethyl adjacent to an activating group) is 1. The maximum atomic E-state index is 12.2. The van der Waals surface area contributed by atoms with Crippen molar-refractivity contribution in [3.8, 4) is 11.1 Å². The summed E-state index contributed by atoms with van der Waals surface area (Å²) in [5.41, 5.74) is 2.87. The van der Waals surface area contributed by atoms with E-state index in [2.05, 4.69) is 30.9 Å². The lowest BCUT2D eigenvalue weighted by atomic mass is 9.90. The van der Waals surface area contributed by atoms with E-state index in [-0.39, 0.29) is 24.0 Å². The van der Waals surface area contributed by atoms with E-state index in [0.29, 0.717) is 5.15 Å². The Labute approximate surface area is 181 Å². The first-order chi connectivity index (χ1) is 14.5. The normalized spacial score (nSPS) is 20.1. The maximum Gasteiger partial charge on any atom is 0.237 e. The summed E-state index contributed by atoms with van der Waals surface area (Å²) in [6.45, 7) is 1.87. The molecule has 3 atom stereocenters. The van der Waals surface area contributed by atoms with Crippen LogP contribution >= 0.6 is 11.6 Å². The molecule has 1 saturated carbocycles. The number of aromatic nitrogens is 3. The fraction of sp³-hybridized carbons (Fsp3) is 0.409. The lowest BCUT2D eigenvalue weighted by Gasteiger charge is -2.31. The molecule has 1 aliphatic rings. The first-order valence-corrected chi connectivity index (χ1v) is 10.8. The smallest absolute Gasteiger partial charge is 0.237 e. The van der Waals surface area contributed by atoms with Crippen LogP contribution in [0, 0.1) is 0 Å². The van der Waals surface area contributed by atoms with Gasteiger partial charge < -0.3 is 20.9 Å². The van der Waals surface area contributed by atoms with Gasteiger partial charge in [0.1, 0.15) is 16.6 Å². The van der Waals surface area contributed by atoms with Gasteiger partial charge in [-0.05, 0) is 69.5 Å². The highest BCUT2D eigenvalue weighted by atomic mass is 35.5. The Kier molecular flexibility index (Phi) is 6.20. The van der Waals surface area contributed by atoms with E-state index in [0.717, 1.165) is 53.7 Å². The van der Waals surface area contributed by atoms with Gasteiger partial charge in [0.05, 0.1) is 6.04 Å². The highest BCUT2D eigenvalue weighted by Crippen LogP contribution is 2.31. The Morgan fingerprint density at radius 1 is 1.30 bits per heavy atom. The molecule has 0 bridgehead atoms. The molecule has 4 rings (SSSR count). The van der Waals surface area contributed by atoms with Gasteiger partial charge in [-0.15, -0.1) is 0 Å². The molecular formula is C22H27ClN6O. The van der Waals surface area contributed by atoms with Gasteiger partial charge in [-0.1, -0.05) is 11.6 Å². The second kappa shape index (κ2) is 9.02. The third-order valence-electron chi connectivity index (χ3n) is 5.76. The molecule has 30 heavy (non-hydrogen) atoms. The highest BCUT2D eigenvalue weighted by molar-refractivity contribution is 6.29. The van der Waals surface area contributed by atoms with Crippen LogP contribution in [0.3, 0.4) is 0 Å². The molecule has 3 aromatic rings. The van der Waals surface area contributed by atoms with E-state index in [1.54, 1.807) is 13.2 Å². The number of hydrogen-bond donors (Lipinski definition) is 4. The Hall–Kier alpha value is -2.64. The molecule has 0 radical (unpaired) electrons. The average molecular weight is 427 g/mol. The number of halogens is 1. The summed E-state index contributed by atoms with van der Waals surface area (Å²) in [7, 11) is 1.79. The first-order valence-electron chi connectivity index (χ1n) is 10.4. The monoisotopic (exact) mass is 426 g/mol. The van der Waals surface area contributed by atoms with Crippen LogP contribution in [0.15, 0.2) is 36.7 Å². The topological polar surface area (TPSA) is 94.7 Å². The Bertz CT molecular complexity index is 1040. The minimum absolute atomic E-state index is 0.0410. The van der Waals surface area contributed by atoms with Crippen LogP contribution in [0.4, 0.5) is 5.82 Å². The van der Waals surface area contributed by atoms with Gasteiger partial charge in [0.25, 0.3) is 0 Å². The van der Waals surface area contributed by atoms with Crippen molar-refractivity contribution in [2.45, 2.75) is 50.7 Å².